The maximum atomic E-state index is 6.14. The molecule has 1 heteroatoms. The van der Waals surface area contributed by atoms with Crippen LogP contribution < -0.4 is 5.73 Å². The Hall–Kier alpha value is -0.820. The molecule has 0 bridgehead atoms. The van der Waals surface area contributed by atoms with Crippen molar-refractivity contribution in [1.29, 1.82) is 0 Å². The van der Waals surface area contributed by atoms with Gasteiger partial charge in [-0.2, -0.15) is 0 Å². The van der Waals surface area contributed by atoms with Gasteiger partial charge in [-0.1, -0.05) is 36.8 Å². The summed E-state index contributed by atoms with van der Waals surface area (Å²) in [5.41, 5.74) is 8.00. The van der Waals surface area contributed by atoms with Crippen LogP contribution in [0.3, 0.4) is 0 Å². The van der Waals surface area contributed by atoms with Crippen LogP contribution in [0.1, 0.15) is 31.2 Å². The second-order valence-corrected chi connectivity index (χ2v) is 4.84. The largest absolute Gasteiger partial charge is 0.327 e. The quantitative estimate of drug-likeness (QED) is 0.756. The first-order valence-corrected chi connectivity index (χ1v) is 5.65. The molecule has 1 aromatic carbocycles. The van der Waals surface area contributed by atoms with E-state index in [4.69, 9.17) is 5.73 Å². The number of nitrogens with two attached hydrogens (primary N) is 1. The molecule has 1 aromatic rings. The SMILES string of the molecule is N[C@@H]1CC1(c1ccccc1)C1CCC1. The van der Waals surface area contributed by atoms with E-state index in [0.29, 0.717) is 11.5 Å². The first kappa shape index (κ1) is 8.49. The van der Waals surface area contributed by atoms with E-state index >= 15 is 0 Å². The summed E-state index contributed by atoms with van der Waals surface area (Å²) in [6.07, 6.45) is 5.40. The van der Waals surface area contributed by atoms with Gasteiger partial charge in [0.15, 0.2) is 0 Å². The summed E-state index contributed by atoms with van der Waals surface area (Å²) in [6.45, 7) is 0. The van der Waals surface area contributed by atoms with E-state index in [-0.39, 0.29) is 0 Å². The van der Waals surface area contributed by atoms with Gasteiger partial charge in [0, 0.05) is 11.5 Å². The molecule has 2 aliphatic carbocycles. The molecule has 2 fully saturated rings. The van der Waals surface area contributed by atoms with Crippen LogP contribution in [0.5, 0.6) is 0 Å². The van der Waals surface area contributed by atoms with E-state index in [9.17, 15) is 0 Å². The minimum atomic E-state index is 0.375. The first-order chi connectivity index (χ1) is 6.84. The van der Waals surface area contributed by atoms with Gasteiger partial charge in [-0.3, -0.25) is 0 Å². The van der Waals surface area contributed by atoms with Gasteiger partial charge < -0.3 is 5.73 Å². The Morgan fingerprint density at radius 3 is 2.21 bits per heavy atom. The number of benzene rings is 1. The molecule has 3 rings (SSSR count). The highest BCUT2D eigenvalue weighted by atomic mass is 14.8. The molecule has 0 aromatic heterocycles. The van der Waals surface area contributed by atoms with Gasteiger partial charge in [0.1, 0.15) is 0 Å². The minimum absolute atomic E-state index is 0.375. The van der Waals surface area contributed by atoms with Crippen molar-refractivity contribution in [3.8, 4) is 0 Å². The van der Waals surface area contributed by atoms with Gasteiger partial charge in [0.05, 0.1) is 0 Å². The monoisotopic (exact) mass is 187 g/mol. The van der Waals surface area contributed by atoms with Gasteiger partial charge in [-0.05, 0) is 30.7 Å². The van der Waals surface area contributed by atoms with Crippen LogP contribution >= 0.6 is 0 Å². The van der Waals surface area contributed by atoms with Crippen LogP contribution in [-0.2, 0) is 5.41 Å². The Balaban J connectivity index is 1.94. The van der Waals surface area contributed by atoms with Crippen molar-refractivity contribution in [3.63, 3.8) is 0 Å². The maximum absolute atomic E-state index is 6.14. The van der Waals surface area contributed by atoms with Gasteiger partial charge in [-0.15, -0.1) is 0 Å². The lowest BCUT2D eigenvalue weighted by Crippen LogP contribution is -2.32. The summed E-state index contributed by atoms with van der Waals surface area (Å²) < 4.78 is 0. The standard InChI is InChI=1S/C13H17N/c14-12-9-13(12,11-7-4-8-11)10-5-2-1-3-6-10/h1-3,5-6,11-12H,4,7-9,14H2/t12-,13?/m1/s1. The zero-order valence-electron chi connectivity index (χ0n) is 8.45. The average Bonchev–Trinajstić information content (AvgIpc) is 2.77. The molecule has 74 valence electrons. The van der Waals surface area contributed by atoms with Crippen LogP contribution in [0.4, 0.5) is 0 Å². The van der Waals surface area contributed by atoms with E-state index in [2.05, 4.69) is 30.3 Å². The van der Waals surface area contributed by atoms with Gasteiger partial charge in [0.2, 0.25) is 0 Å². The Labute approximate surface area is 85.3 Å². The molecule has 1 unspecified atom stereocenters. The summed E-state index contributed by atoms with van der Waals surface area (Å²) in [4.78, 5) is 0. The predicted octanol–water partition coefficient (Wildman–Crippen LogP) is 2.46. The molecule has 2 aliphatic rings. The first-order valence-electron chi connectivity index (χ1n) is 5.65. The van der Waals surface area contributed by atoms with Crippen LogP contribution in [0.25, 0.3) is 0 Å². The van der Waals surface area contributed by atoms with Crippen LogP contribution in [0.2, 0.25) is 0 Å². The van der Waals surface area contributed by atoms with Crippen LogP contribution in [-0.4, -0.2) is 6.04 Å². The third kappa shape index (κ3) is 0.992. The van der Waals surface area contributed by atoms with E-state index in [0.717, 1.165) is 5.92 Å². The second kappa shape index (κ2) is 2.83. The van der Waals surface area contributed by atoms with Gasteiger partial charge in [-0.25, -0.2) is 0 Å². The average molecular weight is 187 g/mol. The van der Waals surface area contributed by atoms with Gasteiger partial charge in [0.25, 0.3) is 0 Å². The fraction of sp³-hybridized carbons (Fsp3) is 0.538. The van der Waals surface area contributed by atoms with Crippen molar-refractivity contribution in [1.82, 2.24) is 0 Å². The topological polar surface area (TPSA) is 26.0 Å². The normalized spacial score (nSPS) is 36.5. The highest BCUT2D eigenvalue weighted by Gasteiger charge is 2.58. The van der Waals surface area contributed by atoms with Crippen molar-refractivity contribution >= 4 is 0 Å². The summed E-state index contributed by atoms with van der Waals surface area (Å²) >= 11 is 0. The molecule has 2 atom stereocenters. The van der Waals surface area contributed by atoms with Crippen molar-refractivity contribution in [3.05, 3.63) is 35.9 Å². The predicted molar refractivity (Wildman–Crippen MR) is 58.1 cm³/mol. The molecule has 0 aliphatic heterocycles. The zero-order valence-corrected chi connectivity index (χ0v) is 8.45. The number of hydrogen-bond donors (Lipinski definition) is 1. The van der Waals surface area contributed by atoms with Crippen LogP contribution in [0.15, 0.2) is 30.3 Å². The van der Waals surface area contributed by atoms with E-state index < -0.39 is 0 Å². The third-order valence-electron chi connectivity index (χ3n) is 4.20. The summed E-state index contributed by atoms with van der Waals surface area (Å²) in [5, 5.41) is 0. The Morgan fingerprint density at radius 1 is 1.14 bits per heavy atom. The molecule has 1 nitrogen and oxygen atoms in total. The molecular formula is C13H17N. The fourth-order valence-corrected chi connectivity index (χ4v) is 3.01. The summed E-state index contributed by atoms with van der Waals surface area (Å²) in [7, 11) is 0. The smallest absolute Gasteiger partial charge is 0.0149 e. The Bertz CT molecular complexity index is 328. The highest BCUT2D eigenvalue weighted by Crippen LogP contribution is 2.58. The molecule has 2 N–H and O–H groups in total. The molecular weight excluding hydrogens is 170 g/mol. The van der Waals surface area contributed by atoms with Crippen molar-refractivity contribution in [2.24, 2.45) is 11.7 Å². The lowest BCUT2D eigenvalue weighted by molar-refractivity contribution is 0.240. The highest BCUT2D eigenvalue weighted by molar-refractivity contribution is 5.37. The fourth-order valence-electron chi connectivity index (χ4n) is 3.01. The van der Waals surface area contributed by atoms with Crippen molar-refractivity contribution in [2.45, 2.75) is 37.1 Å². The third-order valence-corrected chi connectivity index (χ3v) is 4.20. The molecule has 0 heterocycles. The lowest BCUT2D eigenvalue weighted by Gasteiger charge is -2.35. The summed E-state index contributed by atoms with van der Waals surface area (Å²) in [5.74, 6) is 0.875. The Morgan fingerprint density at radius 2 is 1.79 bits per heavy atom. The molecule has 0 amide bonds. The molecule has 0 radical (unpaired) electrons. The molecule has 0 saturated heterocycles. The molecule has 14 heavy (non-hydrogen) atoms. The second-order valence-electron chi connectivity index (χ2n) is 4.84. The van der Waals surface area contributed by atoms with E-state index in [1.54, 1.807) is 0 Å². The van der Waals surface area contributed by atoms with Gasteiger partial charge >= 0.3 is 0 Å². The van der Waals surface area contributed by atoms with E-state index in [1.165, 1.54) is 31.2 Å². The Kier molecular flexibility index (Phi) is 1.72. The number of hydrogen-bond acceptors (Lipinski definition) is 1. The lowest BCUT2D eigenvalue weighted by atomic mass is 9.70. The molecule has 0 spiro atoms. The van der Waals surface area contributed by atoms with Crippen molar-refractivity contribution in [2.75, 3.05) is 0 Å². The van der Waals surface area contributed by atoms with Crippen molar-refractivity contribution < 1.29 is 0 Å². The van der Waals surface area contributed by atoms with Crippen LogP contribution in [0, 0.1) is 5.92 Å². The summed E-state index contributed by atoms with van der Waals surface area (Å²) in [6, 6.07) is 11.3. The van der Waals surface area contributed by atoms with E-state index in [1.807, 2.05) is 0 Å². The number of rotatable bonds is 2. The maximum Gasteiger partial charge on any atom is 0.0149 e. The molecule has 2 saturated carbocycles. The zero-order chi connectivity index (χ0) is 9.60. The minimum Gasteiger partial charge on any atom is -0.327 e.